The SMILES string of the molecule is O=C(OCc1ccccc1)N1C[C@@H](OCc2ccccc2)[C@@H](OCc2ccccc2)[C@H]2OC(O)[C@H](O)C21. The first-order chi connectivity index (χ1) is 18.1. The minimum atomic E-state index is -1.46. The van der Waals surface area contributed by atoms with Crippen molar-refractivity contribution in [1.82, 2.24) is 4.90 Å². The van der Waals surface area contributed by atoms with Gasteiger partial charge in [0, 0.05) is 0 Å². The Hall–Kier alpha value is -3.27. The Kier molecular flexibility index (Phi) is 8.13. The average molecular weight is 506 g/mol. The maximum absolute atomic E-state index is 13.2. The summed E-state index contributed by atoms with van der Waals surface area (Å²) in [5.41, 5.74) is 2.77. The van der Waals surface area contributed by atoms with E-state index in [4.69, 9.17) is 18.9 Å². The Morgan fingerprint density at radius 1 is 0.784 bits per heavy atom. The number of carbonyl (C=O) groups is 1. The molecule has 3 aromatic carbocycles. The summed E-state index contributed by atoms with van der Waals surface area (Å²) in [5, 5.41) is 21.2. The van der Waals surface area contributed by atoms with E-state index in [0.717, 1.165) is 16.7 Å². The number of amides is 1. The van der Waals surface area contributed by atoms with Crippen LogP contribution in [0.2, 0.25) is 0 Å². The number of carbonyl (C=O) groups excluding carboxylic acids is 1. The molecule has 6 atom stereocenters. The van der Waals surface area contributed by atoms with Gasteiger partial charge in [0.25, 0.3) is 0 Å². The van der Waals surface area contributed by atoms with E-state index in [2.05, 4.69) is 0 Å². The molecular weight excluding hydrogens is 474 g/mol. The summed E-state index contributed by atoms with van der Waals surface area (Å²) in [4.78, 5) is 14.6. The van der Waals surface area contributed by atoms with Crippen molar-refractivity contribution in [3.63, 3.8) is 0 Å². The fourth-order valence-electron chi connectivity index (χ4n) is 4.84. The Bertz CT molecular complexity index is 1130. The second kappa shape index (κ2) is 11.9. The van der Waals surface area contributed by atoms with E-state index in [1.165, 1.54) is 4.90 Å². The van der Waals surface area contributed by atoms with Crippen molar-refractivity contribution < 1.29 is 34.0 Å². The van der Waals surface area contributed by atoms with E-state index in [1.54, 1.807) is 0 Å². The Balaban J connectivity index is 1.36. The molecule has 3 aromatic rings. The van der Waals surface area contributed by atoms with Crippen LogP contribution < -0.4 is 0 Å². The van der Waals surface area contributed by atoms with Gasteiger partial charge in [-0.3, -0.25) is 4.90 Å². The fourth-order valence-corrected chi connectivity index (χ4v) is 4.84. The summed E-state index contributed by atoms with van der Waals surface area (Å²) in [6, 6.07) is 27.9. The van der Waals surface area contributed by atoms with Crippen molar-refractivity contribution in [1.29, 1.82) is 0 Å². The zero-order valence-corrected chi connectivity index (χ0v) is 20.3. The topological polar surface area (TPSA) is 97.7 Å². The second-order valence-electron chi connectivity index (χ2n) is 9.26. The number of likely N-dealkylation sites (tertiary alicyclic amines) is 1. The molecule has 8 heteroatoms. The molecule has 0 saturated carbocycles. The Morgan fingerprint density at radius 2 is 1.30 bits per heavy atom. The standard InChI is InChI=1S/C29H31NO7/c31-25-24-27(37-28(25)32)26(35-18-21-12-6-2-7-13-21)23(34-17-20-10-4-1-5-11-20)16-30(24)29(33)36-19-22-14-8-3-9-15-22/h1-15,23-28,31-32H,16-19H2/t23-,24?,25-,26-,27+,28?/m1/s1. The van der Waals surface area contributed by atoms with E-state index in [1.807, 2.05) is 91.0 Å². The number of piperidine rings is 1. The van der Waals surface area contributed by atoms with Crippen LogP contribution in [-0.2, 0) is 38.8 Å². The van der Waals surface area contributed by atoms with Gasteiger partial charge in [0.15, 0.2) is 6.29 Å². The van der Waals surface area contributed by atoms with E-state index >= 15 is 0 Å². The Morgan fingerprint density at radius 3 is 1.86 bits per heavy atom. The highest BCUT2D eigenvalue weighted by atomic mass is 16.7. The first-order valence-corrected chi connectivity index (χ1v) is 12.4. The fraction of sp³-hybridized carbons (Fsp3) is 0.345. The average Bonchev–Trinajstić information content (AvgIpc) is 3.24. The van der Waals surface area contributed by atoms with E-state index in [-0.39, 0.29) is 19.8 Å². The molecule has 2 aliphatic rings. The zero-order valence-electron chi connectivity index (χ0n) is 20.3. The van der Waals surface area contributed by atoms with Gasteiger partial charge in [-0.1, -0.05) is 91.0 Å². The largest absolute Gasteiger partial charge is 0.445 e. The number of nitrogens with zero attached hydrogens (tertiary/aromatic N) is 1. The second-order valence-corrected chi connectivity index (χ2v) is 9.26. The van der Waals surface area contributed by atoms with Gasteiger partial charge in [-0.2, -0.15) is 0 Å². The normalized spacial score (nSPS) is 27.0. The molecule has 0 aromatic heterocycles. The number of fused-ring (bicyclic) bond motifs is 1. The minimum absolute atomic E-state index is 0.0799. The van der Waals surface area contributed by atoms with E-state index < -0.39 is 42.8 Å². The molecule has 37 heavy (non-hydrogen) atoms. The van der Waals surface area contributed by atoms with Crippen molar-refractivity contribution in [2.45, 2.75) is 56.6 Å². The maximum atomic E-state index is 13.2. The quantitative estimate of drug-likeness (QED) is 0.485. The van der Waals surface area contributed by atoms with Gasteiger partial charge in [-0.05, 0) is 16.7 Å². The molecule has 0 aliphatic carbocycles. The third-order valence-electron chi connectivity index (χ3n) is 6.73. The molecule has 2 N–H and O–H groups in total. The summed E-state index contributed by atoms with van der Waals surface area (Å²) in [5.74, 6) is 0. The monoisotopic (exact) mass is 505 g/mol. The van der Waals surface area contributed by atoms with Crippen molar-refractivity contribution in [2.75, 3.05) is 6.54 Å². The summed E-state index contributed by atoms with van der Waals surface area (Å²) in [6.45, 7) is 0.769. The predicted octanol–water partition coefficient (Wildman–Crippen LogP) is 3.26. The number of benzene rings is 3. The number of rotatable bonds is 8. The van der Waals surface area contributed by atoms with E-state index in [0.29, 0.717) is 6.61 Å². The van der Waals surface area contributed by atoms with Gasteiger partial charge < -0.3 is 29.2 Å². The lowest BCUT2D eigenvalue weighted by Crippen LogP contribution is -2.64. The molecule has 2 heterocycles. The number of ether oxygens (including phenoxy) is 4. The molecule has 0 radical (unpaired) electrons. The van der Waals surface area contributed by atoms with Crippen molar-refractivity contribution in [3.05, 3.63) is 108 Å². The van der Waals surface area contributed by atoms with E-state index in [9.17, 15) is 15.0 Å². The Labute approximate surface area is 216 Å². The number of hydrogen-bond donors (Lipinski definition) is 2. The summed E-state index contributed by atoms with van der Waals surface area (Å²) >= 11 is 0. The predicted molar refractivity (Wildman–Crippen MR) is 134 cm³/mol. The lowest BCUT2D eigenvalue weighted by atomic mass is 9.92. The molecule has 2 fully saturated rings. The molecule has 8 nitrogen and oxygen atoms in total. The maximum Gasteiger partial charge on any atom is 0.410 e. The van der Waals surface area contributed by atoms with Gasteiger partial charge in [-0.15, -0.1) is 0 Å². The van der Waals surface area contributed by atoms with Crippen LogP contribution in [0.3, 0.4) is 0 Å². The molecule has 2 aliphatic heterocycles. The molecule has 1 amide bonds. The summed E-state index contributed by atoms with van der Waals surface area (Å²) in [6.07, 6.45) is -5.44. The highest BCUT2D eigenvalue weighted by Gasteiger charge is 2.57. The lowest BCUT2D eigenvalue weighted by molar-refractivity contribution is -0.198. The van der Waals surface area contributed by atoms with Gasteiger partial charge >= 0.3 is 6.09 Å². The molecule has 0 spiro atoms. The van der Waals surface area contributed by atoms with Crippen LogP contribution in [0.15, 0.2) is 91.0 Å². The van der Waals surface area contributed by atoms with Gasteiger partial charge in [0.2, 0.25) is 0 Å². The van der Waals surface area contributed by atoms with Crippen LogP contribution in [-0.4, -0.2) is 64.5 Å². The first-order valence-electron chi connectivity index (χ1n) is 12.4. The molecule has 0 bridgehead atoms. The molecular formula is C29H31NO7. The number of aliphatic hydroxyl groups is 2. The van der Waals surface area contributed by atoms with Crippen molar-refractivity contribution >= 4 is 6.09 Å². The van der Waals surface area contributed by atoms with Crippen molar-refractivity contribution in [3.8, 4) is 0 Å². The molecule has 5 rings (SSSR count). The number of aliphatic hydroxyl groups excluding tert-OH is 2. The molecule has 194 valence electrons. The van der Waals surface area contributed by atoms with Gasteiger partial charge in [0.1, 0.15) is 31.0 Å². The van der Waals surface area contributed by atoms with Crippen molar-refractivity contribution in [2.24, 2.45) is 0 Å². The summed E-state index contributed by atoms with van der Waals surface area (Å²) in [7, 11) is 0. The van der Waals surface area contributed by atoms with Crippen LogP contribution in [0, 0.1) is 0 Å². The highest BCUT2D eigenvalue weighted by molar-refractivity contribution is 5.69. The van der Waals surface area contributed by atoms with Crippen LogP contribution in [0.25, 0.3) is 0 Å². The van der Waals surface area contributed by atoms with Gasteiger partial charge in [-0.25, -0.2) is 4.79 Å². The van der Waals surface area contributed by atoms with Crippen LogP contribution >= 0.6 is 0 Å². The zero-order chi connectivity index (χ0) is 25.6. The third kappa shape index (κ3) is 6.01. The highest BCUT2D eigenvalue weighted by Crippen LogP contribution is 2.36. The smallest absolute Gasteiger partial charge is 0.410 e. The van der Waals surface area contributed by atoms with Crippen LogP contribution in [0.4, 0.5) is 4.79 Å². The van der Waals surface area contributed by atoms with Crippen LogP contribution in [0.5, 0.6) is 0 Å². The molecule has 2 unspecified atom stereocenters. The number of hydrogen-bond acceptors (Lipinski definition) is 7. The van der Waals surface area contributed by atoms with Gasteiger partial charge in [0.05, 0.1) is 25.8 Å². The first kappa shape index (κ1) is 25.4. The minimum Gasteiger partial charge on any atom is -0.445 e. The van der Waals surface area contributed by atoms with Crippen LogP contribution in [0.1, 0.15) is 16.7 Å². The summed E-state index contributed by atoms with van der Waals surface area (Å²) < 4.78 is 23.9. The lowest BCUT2D eigenvalue weighted by Gasteiger charge is -2.45. The molecule has 2 saturated heterocycles. The third-order valence-corrected chi connectivity index (χ3v) is 6.73.